The van der Waals surface area contributed by atoms with Crippen molar-refractivity contribution in [1.82, 2.24) is 14.9 Å². The summed E-state index contributed by atoms with van der Waals surface area (Å²) in [5, 5.41) is 9.97. The topological polar surface area (TPSA) is 101 Å². The minimum absolute atomic E-state index is 0.106. The van der Waals surface area contributed by atoms with Gasteiger partial charge >= 0.3 is 0 Å². The molecule has 1 amide bonds. The predicted octanol–water partition coefficient (Wildman–Crippen LogP) is 2.70. The average Bonchev–Trinajstić information content (AvgIpc) is 2.96. The van der Waals surface area contributed by atoms with Crippen LogP contribution in [0, 0.1) is 11.2 Å². The Morgan fingerprint density at radius 3 is 2.36 bits per heavy atom. The molecule has 2 N–H and O–H groups in total. The van der Waals surface area contributed by atoms with Crippen molar-refractivity contribution in [3.63, 3.8) is 0 Å². The molecule has 0 unspecified atom stereocenters. The predicted molar refractivity (Wildman–Crippen MR) is 93.1 cm³/mol. The van der Waals surface area contributed by atoms with Crippen LogP contribution in [0.5, 0.6) is 0 Å². The molecule has 2 aromatic rings. The van der Waals surface area contributed by atoms with Gasteiger partial charge in [0, 0.05) is 11.5 Å². The van der Waals surface area contributed by atoms with E-state index in [1.165, 1.54) is 24.3 Å². The largest absolute Gasteiger partial charge is 0.300 e. The fraction of sp³-hybridized carbons (Fsp3) is 0.400. The van der Waals surface area contributed by atoms with Crippen LogP contribution in [0.3, 0.4) is 0 Å². The third-order valence-corrected chi connectivity index (χ3v) is 5.99. The summed E-state index contributed by atoms with van der Waals surface area (Å²) in [5.41, 5.74) is -0.0317. The smallest absolute Gasteiger partial charge is 0.270 e. The molecule has 1 atom stereocenters. The number of anilines is 1. The highest BCUT2D eigenvalue weighted by Gasteiger charge is 2.26. The van der Waals surface area contributed by atoms with Gasteiger partial charge in [-0.25, -0.2) is 17.5 Å². The van der Waals surface area contributed by atoms with Gasteiger partial charge in [0.25, 0.3) is 10.0 Å². The van der Waals surface area contributed by atoms with E-state index in [0.717, 1.165) is 11.3 Å². The van der Waals surface area contributed by atoms with E-state index in [-0.39, 0.29) is 15.4 Å². The lowest BCUT2D eigenvalue weighted by Gasteiger charge is -2.15. The normalized spacial score (nSPS) is 13.5. The van der Waals surface area contributed by atoms with Gasteiger partial charge in [0.15, 0.2) is 0 Å². The number of rotatable bonds is 5. The van der Waals surface area contributed by atoms with Crippen LogP contribution >= 0.6 is 11.3 Å². The number of carbonyl (C=O) groups excluding carboxylic acids is 1. The first-order chi connectivity index (χ1) is 11.5. The van der Waals surface area contributed by atoms with Crippen LogP contribution in [0.2, 0.25) is 0 Å². The molecule has 0 fully saturated rings. The van der Waals surface area contributed by atoms with Crippen molar-refractivity contribution in [3.8, 4) is 0 Å². The molecule has 0 bridgehead atoms. The lowest BCUT2D eigenvalue weighted by atomic mass is 9.96. The molecule has 0 spiro atoms. The quantitative estimate of drug-likeness (QED) is 0.770. The minimum atomic E-state index is -3.92. The molecule has 1 heterocycles. The summed E-state index contributed by atoms with van der Waals surface area (Å²) in [4.78, 5) is 11.9. The Kier molecular flexibility index (Phi) is 5.55. The van der Waals surface area contributed by atoms with E-state index >= 15 is 0 Å². The van der Waals surface area contributed by atoms with E-state index in [2.05, 4.69) is 20.2 Å². The van der Waals surface area contributed by atoms with Gasteiger partial charge in [-0.1, -0.05) is 44.2 Å². The summed E-state index contributed by atoms with van der Waals surface area (Å²) in [7, 11) is -3.92. The number of carbonyl (C=O) groups is 1. The van der Waals surface area contributed by atoms with Crippen molar-refractivity contribution in [2.75, 3.05) is 5.32 Å². The second kappa shape index (κ2) is 7.14. The monoisotopic (exact) mass is 386 g/mol. The van der Waals surface area contributed by atoms with Gasteiger partial charge in [-0.3, -0.25) is 4.79 Å². The summed E-state index contributed by atoms with van der Waals surface area (Å²) in [5.74, 6) is -0.692. The van der Waals surface area contributed by atoms with E-state index in [0.29, 0.717) is 5.56 Å². The average molecular weight is 386 g/mol. The van der Waals surface area contributed by atoms with Crippen molar-refractivity contribution in [2.45, 2.75) is 38.1 Å². The van der Waals surface area contributed by atoms with Gasteiger partial charge in [0.1, 0.15) is 5.82 Å². The zero-order valence-corrected chi connectivity index (χ0v) is 15.8. The van der Waals surface area contributed by atoms with Gasteiger partial charge in [0.2, 0.25) is 15.4 Å². The first-order valence-electron chi connectivity index (χ1n) is 7.42. The van der Waals surface area contributed by atoms with Gasteiger partial charge in [-0.2, -0.15) is 0 Å². The summed E-state index contributed by atoms with van der Waals surface area (Å²) < 4.78 is 39.9. The van der Waals surface area contributed by atoms with Crippen molar-refractivity contribution < 1.29 is 17.6 Å². The number of sulfonamides is 1. The Morgan fingerprint density at radius 1 is 1.20 bits per heavy atom. The molecule has 136 valence electrons. The fourth-order valence-electron chi connectivity index (χ4n) is 1.76. The highest BCUT2D eigenvalue weighted by molar-refractivity contribution is 7.91. The van der Waals surface area contributed by atoms with Gasteiger partial charge in [-0.05, 0) is 24.6 Å². The van der Waals surface area contributed by atoms with Crippen LogP contribution in [0.1, 0.15) is 39.3 Å². The minimum Gasteiger partial charge on any atom is -0.300 e. The summed E-state index contributed by atoms with van der Waals surface area (Å²) in [6.45, 7) is 6.82. The summed E-state index contributed by atoms with van der Waals surface area (Å²) in [6.07, 6.45) is 0. The third-order valence-electron chi connectivity index (χ3n) is 3.24. The summed E-state index contributed by atoms with van der Waals surface area (Å²) >= 11 is 0.759. The molecule has 0 radical (unpaired) electrons. The third kappa shape index (κ3) is 5.03. The Morgan fingerprint density at radius 2 is 1.80 bits per heavy atom. The SMILES string of the molecule is C[C@@H](NS(=O)(=O)c1nnc(NC(=O)C(C)(C)C)s1)c1ccc(F)cc1. The Bertz CT molecular complexity index is 858. The van der Waals surface area contributed by atoms with Crippen LogP contribution < -0.4 is 10.0 Å². The molecular formula is C15H19FN4O3S2. The van der Waals surface area contributed by atoms with E-state index in [1.54, 1.807) is 27.7 Å². The zero-order valence-electron chi connectivity index (χ0n) is 14.2. The highest BCUT2D eigenvalue weighted by Crippen LogP contribution is 2.24. The van der Waals surface area contributed by atoms with Crippen LogP contribution in [0.25, 0.3) is 0 Å². The van der Waals surface area contributed by atoms with Gasteiger partial charge in [-0.15, -0.1) is 10.2 Å². The number of nitrogens with one attached hydrogen (secondary N) is 2. The highest BCUT2D eigenvalue weighted by atomic mass is 32.2. The second-order valence-corrected chi connectivity index (χ2v) is 9.34. The van der Waals surface area contributed by atoms with Crippen molar-refractivity contribution in [2.24, 2.45) is 5.41 Å². The molecule has 2 rings (SSSR count). The van der Waals surface area contributed by atoms with E-state index < -0.39 is 27.3 Å². The fourth-order valence-corrected chi connectivity index (χ4v) is 3.90. The number of aromatic nitrogens is 2. The number of nitrogens with zero attached hydrogens (tertiary/aromatic N) is 2. The Balaban J connectivity index is 2.12. The lowest BCUT2D eigenvalue weighted by molar-refractivity contribution is -0.123. The molecule has 1 aromatic heterocycles. The van der Waals surface area contributed by atoms with E-state index in [4.69, 9.17) is 0 Å². The molecule has 25 heavy (non-hydrogen) atoms. The molecule has 1 aromatic carbocycles. The van der Waals surface area contributed by atoms with Crippen molar-refractivity contribution >= 4 is 32.4 Å². The van der Waals surface area contributed by atoms with Crippen molar-refractivity contribution in [1.29, 1.82) is 0 Å². The molecule has 0 aliphatic heterocycles. The number of benzene rings is 1. The van der Waals surface area contributed by atoms with Gasteiger partial charge in [0.05, 0.1) is 0 Å². The maximum Gasteiger partial charge on any atom is 0.270 e. The first-order valence-corrected chi connectivity index (χ1v) is 9.72. The van der Waals surface area contributed by atoms with E-state index in [9.17, 15) is 17.6 Å². The van der Waals surface area contributed by atoms with Crippen LogP contribution in [0.15, 0.2) is 28.6 Å². The second-order valence-electron chi connectivity index (χ2n) is 6.47. The first kappa shape index (κ1) is 19.4. The molecule has 7 nitrogen and oxygen atoms in total. The van der Waals surface area contributed by atoms with Gasteiger partial charge < -0.3 is 5.32 Å². The van der Waals surface area contributed by atoms with Crippen LogP contribution in [-0.4, -0.2) is 24.5 Å². The standard InChI is InChI=1S/C15H19FN4O3S2/c1-9(10-5-7-11(16)8-6-10)20-25(22,23)14-19-18-13(24-14)17-12(21)15(2,3)4/h5-9,20H,1-4H3,(H,17,18,21)/t9-/m1/s1. The molecule has 0 saturated heterocycles. The maximum absolute atomic E-state index is 13.0. The number of halogens is 1. The maximum atomic E-state index is 13.0. The Labute approximate surface area is 149 Å². The zero-order chi connectivity index (χ0) is 18.8. The molecular weight excluding hydrogens is 367 g/mol. The molecule has 10 heteroatoms. The molecule has 0 aliphatic rings. The molecule has 0 aliphatic carbocycles. The number of hydrogen-bond acceptors (Lipinski definition) is 6. The van der Waals surface area contributed by atoms with Crippen LogP contribution in [0.4, 0.5) is 9.52 Å². The van der Waals surface area contributed by atoms with Crippen molar-refractivity contribution in [3.05, 3.63) is 35.6 Å². The lowest BCUT2D eigenvalue weighted by Crippen LogP contribution is -2.27. The van der Waals surface area contributed by atoms with E-state index in [1.807, 2.05) is 0 Å². The number of amides is 1. The Hall–Kier alpha value is -1.91. The summed E-state index contributed by atoms with van der Waals surface area (Å²) in [6, 6.07) is 4.92. The number of hydrogen-bond donors (Lipinski definition) is 2. The molecule has 0 saturated carbocycles. The van der Waals surface area contributed by atoms with Crippen LogP contribution in [-0.2, 0) is 14.8 Å².